The van der Waals surface area contributed by atoms with Crippen LogP contribution >= 0.6 is 12.6 Å². The summed E-state index contributed by atoms with van der Waals surface area (Å²) in [6, 6.07) is 8.28. The van der Waals surface area contributed by atoms with Crippen LogP contribution in [-0.4, -0.2) is 5.71 Å². The van der Waals surface area contributed by atoms with Crippen LogP contribution in [0, 0.1) is 5.92 Å². The van der Waals surface area contributed by atoms with E-state index in [0.717, 1.165) is 35.4 Å². The predicted molar refractivity (Wildman–Crippen MR) is 111 cm³/mol. The first-order valence-electron chi connectivity index (χ1n) is 8.88. The van der Waals surface area contributed by atoms with Gasteiger partial charge in [0.2, 0.25) is 0 Å². The highest BCUT2D eigenvalue weighted by Gasteiger charge is 2.35. The van der Waals surface area contributed by atoms with E-state index in [1.807, 2.05) is 18.2 Å². The molecule has 0 bridgehead atoms. The lowest BCUT2D eigenvalue weighted by Gasteiger charge is -2.05. The van der Waals surface area contributed by atoms with Gasteiger partial charge in [-0.05, 0) is 62.0 Å². The largest absolute Gasteiger partial charge is 0.257 e. The van der Waals surface area contributed by atoms with Crippen LogP contribution in [0.3, 0.4) is 0 Å². The van der Waals surface area contributed by atoms with Crippen molar-refractivity contribution in [3.05, 3.63) is 89.7 Å². The first kappa shape index (κ1) is 17.8. The zero-order valence-electron chi connectivity index (χ0n) is 14.8. The van der Waals surface area contributed by atoms with Gasteiger partial charge in [-0.2, -0.15) is 0 Å². The fraction of sp³-hybridized carbons (Fsp3) is 0.261. The molecule has 0 aliphatic heterocycles. The van der Waals surface area contributed by atoms with Gasteiger partial charge in [0.15, 0.2) is 0 Å². The van der Waals surface area contributed by atoms with Crippen molar-refractivity contribution in [2.45, 2.75) is 37.5 Å². The van der Waals surface area contributed by atoms with Crippen molar-refractivity contribution in [3.8, 4) is 0 Å². The maximum absolute atomic E-state index is 4.92. The molecular weight excluding hydrogens is 322 g/mol. The van der Waals surface area contributed by atoms with Crippen molar-refractivity contribution in [3.63, 3.8) is 0 Å². The van der Waals surface area contributed by atoms with E-state index in [2.05, 4.69) is 68.6 Å². The van der Waals surface area contributed by atoms with Crippen LogP contribution in [0.4, 0.5) is 0 Å². The molecule has 0 spiro atoms. The van der Waals surface area contributed by atoms with Gasteiger partial charge < -0.3 is 0 Å². The number of nitrogens with zero attached hydrogens (tertiary/aromatic N) is 1. The minimum absolute atomic E-state index is 0.564. The van der Waals surface area contributed by atoms with E-state index < -0.39 is 0 Å². The predicted octanol–water partition coefficient (Wildman–Crippen LogP) is 6.27. The number of rotatable bonds is 6. The van der Waals surface area contributed by atoms with Crippen molar-refractivity contribution in [1.29, 1.82) is 0 Å². The molecule has 0 saturated heterocycles. The first-order valence-corrected chi connectivity index (χ1v) is 9.33. The van der Waals surface area contributed by atoms with Crippen molar-refractivity contribution in [2.24, 2.45) is 10.9 Å². The van der Waals surface area contributed by atoms with Crippen molar-refractivity contribution in [2.75, 3.05) is 0 Å². The molecule has 1 aromatic rings. The molecule has 1 saturated carbocycles. The SMILES string of the molecule is C=C/C(C)=C(\C=C/Cc1ccc(S)cc1)N=C1CC1C1=CC=CCC1. The maximum atomic E-state index is 4.92. The number of aliphatic imine (C=N–C) groups is 1. The number of thiol groups is 1. The number of benzene rings is 1. The summed E-state index contributed by atoms with van der Waals surface area (Å²) in [6.45, 7) is 5.98. The van der Waals surface area contributed by atoms with Gasteiger partial charge in [0.05, 0.1) is 5.70 Å². The lowest BCUT2D eigenvalue weighted by Crippen LogP contribution is -1.92. The van der Waals surface area contributed by atoms with Gasteiger partial charge in [-0.1, -0.05) is 54.7 Å². The fourth-order valence-corrected chi connectivity index (χ4v) is 3.13. The standard InChI is InChI=1S/C23H25NS/c1-3-17(2)22(11-7-8-18-12-14-20(25)15-13-18)24-23-16-21(23)19-9-5-4-6-10-19/h3-5,7,9,11-15,21,25H,1,6,8,10,16H2,2H3/b11-7-,22-17+,24-23?. The molecule has 0 radical (unpaired) electrons. The van der Waals surface area contributed by atoms with Crippen LogP contribution < -0.4 is 0 Å². The molecule has 3 rings (SSSR count). The molecule has 1 fully saturated rings. The topological polar surface area (TPSA) is 12.4 Å². The molecule has 0 amide bonds. The van der Waals surface area contributed by atoms with Gasteiger partial charge >= 0.3 is 0 Å². The molecule has 2 heteroatoms. The summed E-state index contributed by atoms with van der Waals surface area (Å²) in [7, 11) is 0. The van der Waals surface area contributed by atoms with Gasteiger partial charge in [0.1, 0.15) is 0 Å². The maximum Gasteiger partial charge on any atom is 0.0655 e. The van der Waals surface area contributed by atoms with Crippen LogP contribution in [0.25, 0.3) is 0 Å². The van der Waals surface area contributed by atoms with E-state index in [0.29, 0.717) is 5.92 Å². The zero-order chi connectivity index (χ0) is 17.6. The minimum atomic E-state index is 0.564. The van der Waals surface area contributed by atoms with Gasteiger partial charge in [-0.15, -0.1) is 12.6 Å². The second-order valence-electron chi connectivity index (χ2n) is 6.61. The summed E-state index contributed by atoms with van der Waals surface area (Å²) in [5.74, 6) is 0.564. The Bertz CT molecular complexity index is 788. The van der Waals surface area contributed by atoms with Gasteiger partial charge in [-0.3, -0.25) is 4.99 Å². The van der Waals surface area contributed by atoms with Crippen molar-refractivity contribution in [1.82, 2.24) is 0 Å². The quantitative estimate of drug-likeness (QED) is 0.460. The molecule has 0 aromatic heterocycles. The Morgan fingerprint density at radius 2 is 2.12 bits per heavy atom. The molecule has 2 aliphatic rings. The first-order chi connectivity index (χ1) is 12.2. The molecule has 1 atom stereocenters. The summed E-state index contributed by atoms with van der Waals surface area (Å²) in [5, 5.41) is 0. The number of hydrogen-bond acceptors (Lipinski definition) is 2. The molecular formula is C23H25NS. The third kappa shape index (κ3) is 4.96. The summed E-state index contributed by atoms with van der Waals surface area (Å²) in [4.78, 5) is 5.92. The van der Waals surface area contributed by atoms with Crippen molar-refractivity contribution < 1.29 is 0 Å². The summed E-state index contributed by atoms with van der Waals surface area (Å²) in [6.07, 6.45) is 17.2. The second-order valence-corrected chi connectivity index (χ2v) is 7.13. The van der Waals surface area contributed by atoms with Crippen LogP contribution in [0.2, 0.25) is 0 Å². The normalized spacial score (nSPS) is 22.1. The van der Waals surface area contributed by atoms with Crippen LogP contribution in [0.1, 0.15) is 31.7 Å². The van der Waals surface area contributed by atoms with Gasteiger partial charge in [-0.25, -0.2) is 0 Å². The second kappa shape index (κ2) is 8.35. The molecule has 1 aromatic carbocycles. The van der Waals surface area contributed by atoms with Gasteiger partial charge in [0, 0.05) is 16.5 Å². The van der Waals surface area contributed by atoms with Crippen LogP contribution in [0.15, 0.2) is 94.0 Å². The average Bonchev–Trinajstić information content (AvgIpc) is 3.42. The Kier molecular flexibility index (Phi) is 5.93. The Morgan fingerprint density at radius 3 is 2.80 bits per heavy atom. The highest BCUT2D eigenvalue weighted by Crippen LogP contribution is 2.38. The molecule has 0 heterocycles. The van der Waals surface area contributed by atoms with E-state index in [4.69, 9.17) is 4.99 Å². The Labute approximate surface area is 156 Å². The van der Waals surface area contributed by atoms with E-state index in [-0.39, 0.29) is 0 Å². The van der Waals surface area contributed by atoms with E-state index >= 15 is 0 Å². The molecule has 128 valence electrons. The van der Waals surface area contributed by atoms with Crippen LogP contribution in [0.5, 0.6) is 0 Å². The molecule has 0 N–H and O–H groups in total. The fourth-order valence-electron chi connectivity index (χ4n) is 2.99. The molecule has 1 nitrogen and oxygen atoms in total. The summed E-state index contributed by atoms with van der Waals surface area (Å²) in [5.41, 5.74) is 6.28. The third-order valence-corrected chi connectivity index (χ3v) is 4.99. The molecule has 25 heavy (non-hydrogen) atoms. The molecule has 2 aliphatic carbocycles. The number of allylic oxidation sites excluding steroid dienone is 8. The number of hydrogen-bond donors (Lipinski definition) is 1. The lowest BCUT2D eigenvalue weighted by molar-refractivity contribution is 0.872. The molecule has 1 unspecified atom stereocenters. The Balaban J connectivity index is 1.69. The monoisotopic (exact) mass is 347 g/mol. The smallest absolute Gasteiger partial charge is 0.0655 e. The Morgan fingerprint density at radius 1 is 1.32 bits per heavy atom. The van der Waals surface area contributed by atoms with Crippen LogP contribution in [-0.2, 0) is 6.42 Å². The van der Waals surface area contributed by atoms with Crippen molar-refractivity contribution >= 4 is 18.3 Å². The Hall–Kier alpha value is -2.06. The lowest BCUT2D eigenvalue weighted by atomic mass is 10.0. The third-order valence-electron chi connectivity index (χ3n) is 4.69. The van der Waals surface area contributed by atoms with E-state index in [1.54, 1.807) is 0 Å². The average molecular weight is 348 g/mol. The highest BCUT2D eigenvalue weighted by molar-refractivity contribution is 7.80. The highest BCUT2D eigenvalue weighted by atomic mass is 32.1. The van der Waals surface area contributed by atoms with E-state index in [9.17, 15) is 0 Å². The minimum Gasteiger partial charge on any atom is -0.257 e. The van der Waals surface area contributed by atoms with Gasteiger partial charge in [0.25, 0.3) is 0 Å². The van der Waals surface area contributed by atoms with E-state index in [1.165, 1.54) is 23.3 Å². The summed E-state index contributed by atoms with van der Waals surface area (Å²) < 4.78 is 0. The zero-order valence-corrected chi connectivity index (χ0v) is 15.7. The summed E-state index contributed by atoms with van der Waals surface area (Å²) >= 11 is 4.33.